The first-order valence-corrected chi connectivity index (χ1v) is 5.75. The van der Waals surface area contributed by atoms with E-state index in [0.717, 1.165) is 11.0 Å². The summed E-state index contributed by atoms with van der Waals surface area (Å²) in [5, 5.41) is 0. The van der Waals surface area contributed by atoms with E-state index in [9.17, 15) is 9.59 Å². The molecule has 2 aromatic heterocycles. The summed E-state index contributed by atoms with van der Waals surface area (Å²) in [6.07, 6.45) is 1.10. The molecule has 0 spiro atoms. The van der Waals surface area contributed by atoms with Gasteiger partial charge in [-0.25, -0.2) is 4.98 Å². The van der Waals surface area contributed by atoms with Gasteiger partial charge in [0.15, 0.2) is 5.65 Å². The molecule has 2 heterocycles. The quantitative estimate of drug-likeness (QED) is 0.767. The van der Waals surface area contributed by atoms with E-state index in [1.54, 1.807) is 13.0 Å². The first kappa shape index (κ1) is 12.3. The zero-order valence-electron chi connectivity index (χ0n) is 10.3. The Morgan fingerprint density at radius 1 is 1.50 bits per heavy atom. The van der Waals surface area contributed by atoms with Crippen molar-refractivity contribution < 1.29 is 14.1 Å². The molecule has 6 nitrogen and oxygen atoms in total. The van der Waals surface area contributed by atoms with Crippen LogP contribution in [-0.4, -0.2) is 15.5 Å². The van der Waals surface area contributed by atoms with E-state index < -0.39 is 0 Å². The molecule has 2 aromatic rings. The third-order valence-electron chi connectivity index (χ3n) is 2.36. The molecule has 0 aliphatic carbocycles. The summed E-state index contributed by atoms with van der Waals surface area (Å²) < 4.78 is 11.3. The lowest BCUT2D eigenvalue weighted by Gasteiger charge is -2.02. The smallest absolute Gasteiger partial charge is 0.306 e. The van der Waals surface area contributed by atoms with Crippen molar-refractivity contribution in [2.24, 2.45) is 0 Å². The van der Waals surface area contributed by atoms with E-state index >= 15 is 0 Å². The van der Waals surface area contributed by atoms with Gasteiger partial charge >= 0.3 is 5.97 Å². The number of ether oxygens (including phenoxy) is 1. The van der Waals surface area contributed by atoms with Gasteiger partial charge < -0.3 is 9.26 Å². The van der Waals surface area contributed by atoms with Crippen LogP contribution in [0.5, 0.6) is 0 Å². The number of carbonyl (C=O) groups excluding carboxylic acids is 1. The van der Waals surface area contributed by atoms with Crippen molar-refractivity contribution in [3.05, 3.63) is 33.9 Å². The van der Waals surface area contributed by atoms with Crippen LogP contribution in [0.3, 0.4) is 0 Å². The van der Waals surface area contributed by atoms with E-state index in [1.807, 2.05) is 6.92 Å². The van der Waals surface area contributed by atoms with Gasteiger partial charge in [-0.1, -0.05) is 6.92 Å². The van der Waals surface area contributed by atoms with Crippen LogP contribution in [0.2, 0.25) is 0 Å². The van der Waals surface area contributed by atoms with Crippen molar-refractivity contribution in [2.45, 2.75) is 33.3 Å². The van der Waals surface area contributed by atoms with E-state index in [4.69, 9.17) is 9.26 Å². The Hall–Kier alpha value is -2.11. The number of carbonyl (C=O) groups is 1. The van der Waals surface area contributed by atoms with Gasteiger partial charge in [-0.2, -0.15) is 0 Å². The highest BCUT2D eigenvalue weighted by Crippen LogP contribution is 2.06. The molecule has 0 aliphatic rings. The monoisotopic (exact) mass is 250 g/mol. The molecule has 96 valence electrons. The Kier molecular flexibility index (Phi) is 3.45. The highest BCUT2D eigenvalue weighted by Gasteiger charge is 2.08. The highest BCUT2D eigenvalue weighted by molar-refractivity contribution is 5.69. The Morgan fingerprint density at radius 2 is 2.28 bits per heavy atom. The maximum absolute atomic E-state index is 11.7. The predicted molar refractivity (Wildman–Crippen MR) is 63.2 cm³/mol. The molecule has 0 bridgehead atoms. The number of rotatable bonds is 4. The van der Waals surface area contributed by atoms with Crippen LogP contribution in [0.25, 0.3) is 5.65 Å². The molecule has 0 saturated heterocycles. The van der Waals surface area contributed by atoms with Crippen LogP contribution >= 0.6 is 0 Å². The second-order valence-corrected chi connectivity index (χ2v) is 4.00. The van der Waals surface area contributed by atoms with Crippen molar-refractivity contribution in [2.75, 3.05) is 0 Å². The van der Waals surface area contributed by atoms with Crippen molar-refractivity contribution in [1.82, 2.24) is 9.56 Å². The zero-order chi connectivity index (χ0) is 13.1. The van der Waals surface area contributed by atoms with E-state index in [-0.39, 0.29) is 18.1 Å². The maximum atomic E-state index is 11.7. The first-order valence-electron chi connectivity index (χ1n) is 5.75. The van der Waals surface area contributed by atoms with Crippen LogP contribution in [0.15, 0.2) is 21.5 Å². The molecule has 18 heavy (non-hydrogen) atoms. The highest BCUT2D eigenvalue weighted by atomic mass is 16.5. The van der Waals surface area contributed by atoms with Crippen LogP contribution in [0.4, 0.5) is 0 Å². The molecule has 0 atom stereocenters. The number of fused-ring (bicyclic) bond motifs is 1. The SMILES string of the molecule is CCCC(=O)OCc1cc(=O)n2oc(C)cc2n1. The number of nitrogens with zero attached hydrogens (tertiary/aromatic N) is 2. The fourth-order valence-corrected chi connectivity index (χ4v) is 1.58. The van der Waals surface area contributed by atoms with E-state index in [0.29, 0.717) is 23.5 Å². The number of aromatic nitrogens is 2. The van der Waals surface area contributed by atoms with Crippen molar-refractivity contribution in [1.29, 1.82) is 0 Å². The van der Waals surface area contributed by atoms with Gasteiger partial charge in [0.1, 0.15) is 12.4 Å². The molecule has 0 aliphatic heterocycles. The molecule has 6 heteroatoms. The Balaban J connectivity index is 2.19. The van der Waals surface area contributed by atoms with Crippen LogP contribution in [0.1, 0.15) is 31.2 Å². The lowest BCUT2D eigenvalue weighted by atomic mass is 10.3. The predicted octanol–water partition coefficient (Wildman–Crippen LogP) is 1.44. The maximum Gasteiger partial charge on any atom is 0.306 e. The van der Waals surface area contributed by atoms with Gasteiger partial charge in [0.2, 0.25) is 0 Å². The van der Waals surface area contributed by atoms with Crippen LogP contribution < -0.4 is 5.56 Å². The van der Waals surface area contributed by atoms with Gasteiger partial charge in [-0.3, -0.25) is 9.59 Å². The lowest BCUT2D eigenvalue weighted by Crippen LogP contribution is -2.14. The summed E-state index contributed by atoms with van der Waals surface area (Å²) in [4.78, 5) is 27.1. The number of hydrogen-bond acceptors (Lipinski definition) is 5. The third-order valence-corrected chi connectivity index (χ3v) is 2.36. The molecule has 0 unspecified atom stereocenters. The van der Waals surface area contributed by atoms with Gasteiger partial charge in [0, 0.05) is 18.6 Å². The number of aryl methyl sites for hydroxylation is 1. The Morgan fingerprint density at radius 3 is 3.00 bits per heavy atom. The van der Waals surface area contributed by atoms with Crippen LogP contribution in [0, 0.1) is 6.92 Å². The topological polar surface area (TPSA) is 73.8 Å². The van der Waals surface area contributed by atoms with Crippen molar-refractivity contribution >= 4 is 11.6 Å². The minimum absolute atomic E-state index is 0.00873. The average molecular weight is 250 g/mol. The fourth-order valence-electron chi connectivity index (χ4n) is 1.58. The van der Waals surface area contributed by atoms with Crippen molar-refractivity contribution in [3.8, 4) is 0 Å². The van der Waals surface area contributed by atoms with Gasteiger partial charge in [0.25, 0.3) is 5.56 Å². The van der Waals surface area contributed by atoms with Gasteiger partial charge in [-0.15, -0.1) is 4.57 Å². The zero-order valence-corrected chi connectivity index (χ0v) is 10.3. The fraction of sp³-hybridized carbons (Fsp3) is 0.417. The van der Waals surface area contributed by atoms with Crippen molar-refractivity contribution in [3.63, 3.8) is 0 Å². The van der Waals surface area contributed by atoms with E-state index in [2.05, 4.69) is 4.98 Å². The largest absolute Gasteiger partial charge is 0.459 e. The Bertz CT molecular complexity index is 627. The van der Waals surface area contributed by atoms with Gasteiger partial charge in [-0.05, 0) is 13.3 Å². The summed E-state index contributed by atoms with van der Waals surface area (Å²) in [6, 6.07) is 2.95. The summed E-state index contributed by atoms with van der Waals surface area (Å²) in [5.41, 5.74) is 0.515. The molecule has 0 saturated carbocycles. The number of esters is 1. The third kappa shape index (κ3) is 2.58. The summed E-state index contributed by atoms with van der Waals surface area (Å²) in [6.45, 7) is 3.63. The summed E-state index contributed by atoms with van der Waals surface area (Å²) >= 11 is 0. The lowest BCUT2D eigenvalue weighted by molar-refractivity contribution is -0.145. The molecule has 0 N–H and O–H groups in total. The molecule has 0 radical (unpaired) electrons. The second-order valence-electron chi connectivity index (χ2n) is 4.00. The second kappa shape index (κ2) is 5.03. The standard InChI is InChI=1S/C12H14N2O4/c1-3-4-12(16)17-7-9-6-11(15)14-10(13-9)5-8(2)18-14/h5-6H,3-4,7H2,1-2H3. The number of hydrogen-bond donors (Lipinski definition) is 0. The molecule has 0 aromatic carbocycles. The van der Waals surface area contributed by atoms with E-state index in [1.165, 1.54) is 6.07 Å². The summed E-state index contributed by atoms with van der Waals surface area (Å²) in [5.74, 6) is 0.308. The molecular formula is C12H14N2O4. The molecule has 2 rings (SSSR count). The minimum Gasteiger partial charge on any atom is -0.459 e. The minimum atomic E-state index is -0.324. The molecular weight excluding hydrogens is 236 g/mol. The summed E-state index contributed by atoms with van der Waals surface area (Å²) in [7, 11) is 0. The van der Waals surface area contributed by atoms with Gasteiger partial charge in [0.05, 0.1) is 5.69 Å². The van der Waals surface area contributed by atoms with Crippen LogP contribution in [-0.2, 0) is 16.1 Å². The first-order chi connectivity index (χ1) is 8.60. The average Bonchev–Trinajstić information content (AvgIpc) is 2.68. The Labute approximate surface area is 103 Å². The normalized spacial score (nSPS) is 10.8. The molecule has 0 amide bonds. The molecule has 0 fully saturated rings.